The predicted octanol–water partition coefficient (Wildman–Crippen LogP) is 1.99. The van der Waals surface area contributed by atoms with Crippen LogP contribution < -0.4 is 10.1 Å². The number of rotatable bonds is 7. The van der Waals surface area contributed by atoms with Crippen LogP contribution >= 0.6 is 0 Å². The smallest absolute Gasteiger partial charge is 0.202 e. The molecule has 2 heterocycles. The molecule has 5 unspecified atom stereocenters. The van der Waals surface area contributed by atoms with Gasteiger partial charge in [0, 0.05) is 29.2 Å². The second-order valence-corrected chi connectivity index (χ2v) is 11.4. The molecule has 4 N–H and O–H groups in total. The standard InChI is InChI=1S/C31H35NO10/c1-39-22-4-2-3-19-25(22)31(38)27-26(28(19)35)29(36)20-11-15(21(34)12-33)9-16(24(20)30(27)37)10-17-5-6-18(13-41-17)42-23-14-40-8-7-32-23/h2-4,15-18,23,32-33,36-37H,5-14H2,1H3. The normalized spacial score (nSPS) is 27.1. The van der Waals surface area contributed by atoms with Crippen molar-refractivity contribution in [1.29, 1.82) is 0 Å². The van der Waals surface area contributed by atoms with E-state index in [0.717, 1.165) is 13.0 Å². The third-order valence-corrected chi connectivity index (χ3v) is 8.92. The molecular weight excluding hydrogens is 546 g/mol. The zero-order chi connectivity index (χ0) is 29.5. The van der Waals surface area contributed by atoms with Gasteiger partial charge in [0.25, 0.3) is 0 Å². The van der Waals surface area contributed by atoms with Gasteiger partial charge in [0.15, 0.2) is 11.6 Å². The van der Waals surface area contributed by atoms with Crippen molar-refractivity contribution in [1.82, 2.24) is 5.32 Å². The summed E-state index contributed by atoms with van der Waals surface area (Å²) < 4.78 is 23.0. The lowest BCUT2D eigenvalue weighted by Gasteiger charge is -2.38. The Labute approximate surface area is 242 Å². The molecule has 5 atom stereocenters. The number of phenolic OH excluding ortho intramolecular Hbond substituents is 2. The molecule has 2 aromatic carbocycles. The van der Waals surface area contributed by atoms with E-state index in [1.54, 1.807) is 12.1 Å². The maximum atomic E-state index is 13.8. The molecule has 0 radical (unpaired) electrons. The SMILES string of the molecule is COc1cccc2c1C(=O)c1c(O)c3c(c(O)c1C2=O)CC(C(=O)CO)CC3CC1CCC(OC2COCCN2)CO1. The molecule has 6 rings (SSSR count). The zero-order valence-corrected chi connectivity index (χ0v) is 23.4. The van der Waals surface area contributed by atoms with E-state index in [9.17, 15) is 29.7 Å². The van der Waals surface area contributed by atoms with Crippen LogP contribution in [0.2, 0.25) is 0 Å². The molecule has 0 saturated carbocycles. The summed E-state index contributed by atoms with van der Waals surface area (Å²) >= 11 is 0. The van der Waals surface area contributed by atoms with Crippen LogP contribution in [-0.2, 0) is 25.4 Å². The Morgan fingerprint density at radius 3 is 2.57 bits per heavy atom. The lowest BCUT2D eigenvalue weighted by Crippen LogP contribution is -2.46. The van der Waals surface area contributed by atoms with Crippen LogP contribution in [0.4, 0.5) is 0 Å². The summed E-state index contributed by atoms with van der Waals surface area (Å²) in [5.41, 5.74) is 0.166. The Morgan fingerprint density at radius 1 is 1.07 bits per heavy atom. The summed E-state index contributed by atoms with van der Waals surface area (Å²) in [6, 6.07) is 4.62. The number of hydrogen-bond acceptors (Lipinski definition) is 11. The second kappa shape index (κ2) is 11.7. The lowest BCUT2D eigenvalue weighted by atomic mass is 9.69. The number of aromatic hydroxyl groups is 2. The number of Topliss-reactive ketones (excluding diaryl/α,β-unsaturated/α-hetero) is 1. The topological polar surface area (TPSA) is 161 Å². The number of benzene rings is 2. The van der Waals surface area contributed by atoms with E-state index in [-0.39, 0.29) is 70.0 Å². The second-order valence-electron chi connectivity index (χ2n) is 11.4. The van der Waals surface area contributed by atoms with Crippen LogP contribution in [0, 0.1) is 5.92 Å². The molecule has 224 valence electrons. The van der Waals surface area contributed by atoms with Gasteiger partial charge in [0.1, 0.15) is 30.1 Å². The Morgan fingerprint density at radius 2 is 1.88 bits per heavy atom. The monoisotopic (exact) mass is 581 g/mol. The number of fused-ring (bicyclic) bond motifs is 3. The van der Waals surface area contributed by atoms with Gasteiger partial charge in [0.2, 0.25) is 5.78 Å². The minimum Gasteiger partial charge on any atom is -0.507 e. The van der Waals surface area contributed by atoms with E-state index in [1.165, 1.54) is 13.2 Å². The fraction of sp³-hybridized carbons (Fsp3) is 0.516. The first kappa shape index (κ1) is 28.8. The average Bonchev–Trinajstić information content (AvgIpc) is 3.01. The van der Waals surface area contributed by atoms with Gasteiger partial charge in [-0.15, -0.1) is 0 Å². The summed E-state index contributed by atoms with van der Waals surface area (Å²) in [5.74, 6) is -3.30. The van der Waals surface area contributed by atoms with E-state index in [0.29, 0.717) is 44.6 Å². The van der Waals surface area contributed by atoms with Crippen molar-refractivity contribution in [3.05, 3.63) is 51.6 Å². The van der Waals surface area contributed by atoms with Gasteiger partial charge >= 0.3 is 0 Å². The van der Waals surface area contributed by atoms with E-state index >= 15 is 0 Å². The molecule has 0 aromatic heterocycles. The summed E-state index contributed by atoms with van der Waals surface area (Å²) in [7, 11) is 1.39. The fourth-order valence-corrected chi connectivity index (χ4v) is 6.90. The molecule has 2 saturated heterocycles. The first-order chi connectivity index (χ1) is 20.3. The van der Waals surface area contributed by atoms with Crippen LogP contribution in [0.3, 0.4) is 0 Å². The molecule has 0 spiro atoms. The number of ether oxygens (including phenoxy) is 4. The number of aliphatic hydroxyl groups excluding tert-OH is 1. The first-order valence-corrected chi connectivity index (χ1v) is 14.4. The fourth-order valence-electron chi connectivity index (χ4n) is 6.90. The molecule has 11 heteroatoms. The van der Waals surface area contributed by atoms with Gasteiger partial charge in [-0.3, -0.25) is 19.7 Å². The third-order valence-electron chi connectivity index (χ3n) is 8.92. The van der Waals surface area contributed by atoms with Gasteiger partial charge in [-0.05, 0) is 44.1 Å². The highest BCUT2D eigenvalue weighted by molar-refractivity contribution is 6.31. The van der Waals surface area contributed by atoms with Crippen molar-refractivity contribution >= 4 is 17.3 Å². The van der Waals surface area contributed by atoms with Crippen LogP contribution in [0.1, 0.15) is 74.6 Å². The highest BCUT2D eigenvalue weighted by atomic mass is 16.6. The third kappa shape index (κ3) is 4.99. The molecule has 0 amide bonds. The molecule has 2 aliphatic carbocycles. The Kier molecular flexibility index (Phi) is 8.03. The number of morpholine rings is 1. The Bertz CT molecular complexity index is 1410. The van der Waals surface area contributed by atoms with Gasteiger partial charge in [-0.2, -0.15) is 0 Å². The van der Waals surface area contributed by atoms with Gasteiger partial charge in [0.05, 0.1) is 55.8 Å². The number of carbonyl (C=O) groups excluding carboxylic acids is 3. The van der Waals surface area contributed by atoms with Crippen molar-refractivity contribution in [2.75, 3.05) is 40.1 Å². The summed E-state index contributed by atoms with van der Waals surface area (Å²) in [4.78, 5) is 40.0. The highest BCUT2D eigenvalue weighted by Gasteiger charge is 2.44. The maximum Gasteiger partial charge on any atom is 0.202 e. The molecule has 0 bridgehead atoms. The largest absolute Gasteiger partial charge is 0.507 e. The molecule has 11 nitrogen and oxygen atoms in total. The number of ketones is 3. The molecular formula is C31H35NO10. The number of phenols is 2. The van der Waals surface area contributed by atoms with Crippen LogP contribution in [-0.4, -0.2) is 91.2 Å². The molecule has 4 aliphatic rings. The van der Waals surface area contributed by atoms with Crippen molar-refractivity contribution in [3.8, 4) is 17.2 Å². The number of nitrogens with one attached hydrogen (secondary N) is 1. The molecule has 2 fully saturated rings. The number of aliphatic hydroxyl groups is 1. The van der Waals surface area contributed by atoms with E-state index in [2.05, 4.69) is 5.32 Å². The Balaban J connectivity index is 1.32. The molecule has 42 heavy (non-hydrogen) atoms. The summed E-state index contributed by atoms with van der Waals surface area (Å²) in [5, 5.41) is 36.0. The summed E-state index contributed by atoms with van der Waals surface area (Å²) in [6.45, 7) is 1.56. The average molecular weight is 582 g/mol. The van der Waals surface area contributed by atoms with Crippen LogP contribution in [0.25, 0.3) is 0 Å². The zero-order valence-electron chi connectivity index (χ0n) is 23.4. The maximum absolute atomic E-state index is 13.8. The summed E-state index contributed by atoms with van der Waals surface area (Å²) in [6.07, 6.45) is 1.63. The predicted molar refractivity (Wildman–Crippen MR) is 147 cm³/mol. The molecule has 2 aliphatic heterocycles. The molecule has 2 aromatic rings. The van der Waals surface area contributed by atoms with Gasteiger partial charge in [-0.25, -0.2) is 0 Å². The van der Waals surface area contributed by atoms with Gasteiger partial charge in [-0.1, -0.05) is 12.1 Å². The minimum atomic E-state index is -0.660. The highest BCUT2D eigenvalue weighted by Crippen LogP contribution is 2.52. The first-order valence-electron chi connectivity index (χ1n) is 14.4. The number of hydrogen-bond donors (Lipinski definition) is 4. The quantitative estimate of drug-likeness (QED) is 0.302. The van der Waals surface area contributed by atoms with Crippen molar-refractivity contribution in [2.24, 2.45) is 5.92 Å². The van der Waals surface area contributed by atoms with Gasteiger partial charge < -0.3 is 34.3 Å². The van der Waals surface area contributed by atoms with Crippen LogP contribution in [0.5, 0.6) is 17.2 Å². The van der Waals surface area contributed by atoms with E-state index in [1.807, 2.05) is 0 Å². The van der Waals surface area contributed by atoms with E-state index < -0.39 is 35.8 Å². The number of methoxy groups -OCH3 is 1. The lowest BCUT2D eigenvalue weighted by molar-refractivity contribution is -0.146. The van der Waals surface area contributed by atoms with E-state index in [4.69, 9.17) is 18.9 Å². The number of carbonyl (C=O) groups is 3. The Hall–Kier alpha value is -3.35. The minimum absolute atomic E-state index is 0.0300. The van der Waals surface area contributed by atoms with Crippen molar-refractivity contribution in [2.45, 2.75) is 56.5 Å². The van der Waals surface area contributed by atoms with Crippen LogP contribution in [0.15, 0.2) is 18.2 Å². The van der Waals surface area contributed by atoms with Crippen molar-refractivity contribution < 1.29 is 48.7 Å². The van der Waals surface area contributed by atoms with Crippen molar-refractivity contribution in [3.63, 3.8) is 0 Å².